The molecule has 3 aromatic heterocycles. The first-order valence-electron chi connectivity index (χ1n) is 13.9. The molecule has 0 saturated carbocycles. The predicted octanol–water partition coefficient (Wildman–Crippen LogP) is 10.3. The molecule has 0 amide bonds. The number of rotatable bonds is 3. The zero-order valence-corrected chi connectivity index (χ0v) is 23.1. The molecular weight excluding hydrogens is 534 g/mol. The summed E-state index contributed by atoms with van der Waals surface area (Å²) in [6.07, 6.45) is 0. The molecule has 0 unspecified atom stereocenters. The van der Waals surface area contributed by atoms with Gasteiger partial charge in [0.15, 0.2) is 17.5 Å². The van der Waals surface area contributed by atoms with E-state index >= 15 is 0 Å². The number of thiophene rings is 1. The fourth-order valence-corrected chi connectivity index (χ4v) is 7.20. The maximum Gasteiger partial charge on any atom is 0.165 e. The standard InChI is InChI=1S/C37H21N3OS/c1-2-12-23(13-3-1)35-38-36(26-18-10-14-22-11-4-5-15-24(22)26)40-37(39-35)29-21-28-25-16-6-8-19-30(25)41-33(28)32-27-17-7-9-20-31(27)42-34(29)32/h1-21H. The molecule has 0 aliphatic heterocycles. The average molecular weight is 556 g/mol. The number of nitrogens with zero attached hydrogens (tertiary/aromatic N) is 3. The zero-order chi connectivity index (χ0) is 27.6. The van der Waals surface area contributed by atoms with Gasteiger partial charge in [0.2, 0.25) is 0 Å². The lowest BCUT2D eigenvalue weighted by Gasteiger charge is -2.11. The molecular formula is C37H21N3OS. The normalized spacial score (nSPS) is 11.8. The molecule has 0 N–H and O–H groups in total. The third kappa shape index (κ3) is 3.51. The van der Waals surface area contributed by atoms with Crippen LogP contribution < -0.4 is 0 Å². The van der Waals surface area contributed by atoms with Crippen LogP contribution in [0.1, 0.15) is 0 Å². The highest BCUT2D eigenvalue weighted by Crippen LogP contribution is 2.46. The van der Waals surface area contributed by atoms with Gasteiger partial charge in [0.1, 0.15) is 11.2 Å². The third-order valence-electron chi connectivity index (χ3n) is 7.93. The van der Waals surface area contributed by atoms with Crippen molar-refractivity contribution in [3.8, 4) is 34.2 Å². The number of fused-ring (bicyclic) bond motifs is 8. The molecule has 0 aliphatic rings. The van der Waals surface area contributed by atoms with Crippen molar-refractivity contribution in [2.75, 3.05) is 0 Å². The number of hydrogen-bond donors (Lipinski definition) is 0. The summed E-state index contributed by atoms with van der Waals surface area (Å²) in [6, 6.07) is 43.8. The first-order valence-corrected chi connectivity index (χ1v) is 14.7. The fourth-order valence-electron chi connectivity index (χ4n) is 5.98. The topological polar surface area (TPSA) is 51.8 Å². The Morgan fingerprint density at radius 1 is 0.500 bits per heavy atom. The summed E-state index contributed by atoms with van der Waals surface area (Å²) in [7, 11) is 0. The van der Waals surface area contributed by atoms with E-state index in [0.29, 0.717) is 17.5 Å². The SMILES string of the molecule is c1ccc(-c2nc(-c3cccc4ccccc34)nc(-c3cc4c5ccccc5oc4c4c3sc3ccccc34)n2)cc1. The van der Waals surface area contributed by atoms with Crippen molar-refractivity contribution in [2.24, 2.45) is 0 Å². The molecule has 42 heavy (non-hydrogen) atoms. The van der Waals surface area contributed by atoms with Crippen LogP contribution in [0.2, 0.25) is 0 Å². The minimum atomic E-state index is 0.648. The average Bonchev–Trinajstić information content (AvgIpc) is 3.63. The number of furan rings is 1. The lowest BCUT2D eigenvalue weighted by Crippen LogP contribution is -2.00. The second-order valence-corrected chi connectivity index (χ2v) is 11.5. The highest BCUT2D eigenvalue weighted by atomic mass is 32.1. The molecule has 0 spiro atoms. The second kappa shape index (κ2) is 9.06. The Kier molecular flexibility index (Phi) is 5.03. The summed E-state index contributed by atoms with van der Waals surface area (Å²) < 4.78 is 8.82. The minimum Gasteiger partial charge on any atom is -0.455 e. The molecule has 4 nitrogen and oxygen atoms in total. The van der Waals surface area contributed by atoms with E-state index in [2.05, 4.69) is 84.9 Å². The number of hydrogen-bond acceptors (Lipinski definition) is 5. The second-order valence-electron chi connectivity index (χ2n) is 10.4. The summed E-state index contributed by atoms with van der Waals surface area (Å²) in [5, 5.41) is 6.68. The van der Waals surface area contributed by atoms with E-state index in [9.17, 15) is 0 Å². The highest BCUT2D eigenvalue weighted by Gasteiger charge is 2.22. The van der Waals surface area contributed by atoms with Crippen LogP contribution in [0.15, 0.2) is 132 Å². The van der Waals surface area contributed by atoms with Gasteiger partial charge in [0, 0.05) is 42.9 Å². The first kappa shape index (κ1) is 23.3. The molecule has 0 fully saturated rings. The summed E-state index contributed by atoms with van der Waals surface area (Å²) >= 11 is 1.75. The lowest BCUT2D eigenvalue weighted by atomic mass is 10.0. The van der Waals surface area contributed by atoms with Crippen LogP contribution in [0.3, 0.4) is 0 Å². The van der Waals surface area contributed by atoms with Crippen molar-refractivity contribution >= 4 is 64.2 Å². The van der Waals surface area contributed by atoms with Crippen LogP contribution in [0, 0.1) is 0 Å². The van der Waals surface area contributed by atoms with Crippen LogP contribution in [0.5, 0.6) is 0 Å². The van der Waals surface area contributed by atoms with Crippen molar-refractivity contribution in [3.63, 3.8) is 0 Å². The van der Waals surface area contributed by atoms with Gasteiger partial charge >= 0.3 is 0 Å². The first-order chi connectivity index (χ1) is 20.8. The van der Waals surface area contributed by atoms with Crippen LogP contribution in [-0.2, 0) is 0 Å². The number of benzene rings is 6. The lowest BCUT2D eigenvalue weighted by molar-refractivity contribution is 0.673. The molecule has 9 aromatic rings. The summed E-state index contributed by atoms with van der Waals surface area (Å²) in [4.78, 5) is 15.4. The van der Waals surface area contributed by atoms with E-state index < -0.39 is 0 Å². The van der Waals surface area contributed by atoms with E-state index in [0.717, 1.165) is 59.5 Å². The third-order valence-corrected chi connectivity index (χ3v) is 9.13. The van der Waals surface area contributed by atoms with E-state index in [1.54, 1.807) is 11.3 Å². The zero-order valence-electron chi connectivity index (χ0n) is 22.3. The Bertz CT molecular complexity index is 2470. The van der Waals surface area contributed by atoms with Crippen molar-refractivity contribution in [1.82, 2.24) is 15.0 Å². The summed E-state index contributed by atoms with van der Waals surface area (Å²) in [6.45, 7) is 0. The van der Waals surface area contributed by atoms with E-state index in [4.69, 9.17) is 19.4 Å². The predicted molar refractivity (Wildman–Crippen MR) is 174 cm³/mol. The summed E-state index contributed by atoms with van der Waals surface area (Å²) in [5.41, 5.74) is 4.69. The van der Waals surface area contributed by atoms with Crippen molar-refractivity contribution in [3.05, 3.63) is 127 Å². The molecule has 0 atom stereocenters. The Morgan fingerprint density at radius 2 is 1.17 bits per heavy atom. The largest absolute Gasteiger partial charge is 0.455 e. The molecule has 0 saturated heterocycles. The monoisotopic (exact) mass is 555 g/mol. The van der Waals surface area contributed by atoms with Gasteiger partial charge in [-0.2, -0.15) is 0 Å². The maximum absolute atomic E-state index is 6.51. The summed E-state index contributed by atoms with van der Waals surface area (Å²) in [5.74, 6) is 1.95. The molecule has 9 rings (SSSR count). The van der Waals surface area contributed by atoms with Gasteiger partial charge < -0.3 is 4.42 Å². The Hall–Kier alpha value is -5.39. The Labute approximate surface area is 244 Å². The molecule has 196 valence electrons. The van der Waals surface area contributed by atoms with Crippen LogP contribution in [0.25, 0.3) is 87.0 Å². The molecule has 3 heterocycles. The Balaban J connectivity index is 1.42. The van der Waals surface area contributed by atoms with Crippen molar-refractivity contribution in [1.29, 1.82) is 0 Å². The number of para-hydroxylation sites is 1. The molecule has 0 bridgehead atoms. The van der Waals surface area contributed by atoms with E-state index in [1.165, 1.54) is 10.1 Å². The van der Waals surface area contributed by atoms with Gasteiger partial charge in [-0.1, -0.05) is 109 Å². The van der Waals surface area contributed by atoms with Gasteiger partial charge in [-0.25, -0.2) is 15.0 Å². The number of aromatic nitrogens is 3. The minimum absolute atomic E-state index is 0.648. The van der Waals surface area contributed by atoms with Gasteiger partial charge in [-0.15, -0.1) is 11.3 Å². The highest BCUT2D eigenvalue weighted by molar-refractivity contribution is 7.26. The van der Waals surface area contributed by atoms with Crippen LogP contribution >= 0.6 is 11.3 Å². The molecule has 5 heteroatoms. The van der Waals surface area contributed by atoms with Gasteiger partial charge in [-0.05, 0) is 29.0 Å². The Morgan fingerprint density at radius 3 is 2.05 bits per heavy atom. The van der Waals surface area contributed by atoms with Gasteiger partial charge in [0.25, 0.3) is 0 Å². The quantitative estimate of drug-likeness (QED) is 0.218. The van der Waals surface area contributed by atoms with Crippen LogP contribution in [-0.4, -0.2) is 15.0 Å². The van der Waals surface area contributed by atoms with Gasteiger partial charge in [0.05, 0.1) is 4.70 Å². The molecule has 0 radical (unpaired) electrons. The smallest absolute Gasteiger partial charge is 0.165 e. The van der Waals surface area contributed by atoms with E-state index in [1.807, 2.05) is 42.5 Å². The van der Waals surface area contributed by atoms with E-state index in [-0.39, 0.29) is 0 Å². The van der Waals surface area contributed by atoms with Gasteiger partial charge in [-0.3, -0.25) is 0 Å². The molecule has 6 aromatic carbocycles. The maximum atomic E-state index is 6.51. The van der Waals surface area contributed by atoms with Crippen molar-refractivity contribution < 1.29 is 4.42 Å². The van der Waals surface area contributed by atoms with Crippen molar-refractivity contribution in [2.45, 2.75) is 0 Å². The molecule has 0 aliphatic carbocycles. The fraction of sp³-hybridized carbons (Fsp3) is 0. The van der Waals surface area contributed by atoms with Crippen LogP contribution in [0.4, 0.5) is 0 Å².